The van der Waals surface area contributed by atoms with Crippen molar-refractivity contribution in [3.8, 4) is 0 Å². The van der Waals surface area contributed by atoms with Crippen LogP contribution in [0.1, 0.15) is 32.8 Å². The van der Waals surface area contributed by atoms with Crippen molar-refractivity contribution in [1.29, 1.82) is 0 Å². The van der Waals surface area contributed by atoms with Crippen molar-refractivity contribution in [3.05, 3.63) is 35.6 Å². The Kier molecular flexibility index (Phi) is 6.50. The maximum absolute atomic E-state index is 12.7. The normalized spacial score (nSPS) is 13.9. The van der Waals surface area contributed by atoms with Crippen LogP contribution in [-0.2, 0) is 11.2 Å². The Morgan fingerprint density at radius 2 is 1.89 bits per heavy atom. The molecule has 0 saturated heterocycles. The first-order chi connectivity index (χ1) is 9.02. The van der Waals surface area contributed by atoms with Gasteiger partial charge in [-0.25, -0.2) is 4.39 Å². The minimum Gasteiger partial charge on any atom is -0.352 e. The number of carbonyl (C=O) groups excluding carboxylic acids is 1. The molecule has 0 radical (unpaired) electrons. The molecular weight excluding hydrogens is 243 g/mol. The molecular formula is C15H23FN2O. The van der Waals surface area contributed by atoms with Crippen LogP contribution in [0.2, 0.25) is 0 Å². The lowest BCUT2D eigenvalue weighted by Crippen LogP contribution is -2.45. The zero-order valence-corrected chi connectivity index (χ0v) is 11.9. The van der Waals surface area contributed by atoms with E-state index in [0.29, 0.717) is 6.54 Å². The van der Waals surface area contributed by atoms with Gasteiger partial charge >= 0.3 is 0 Å². The fourth-order valence-corrected chi connectivity index (χ4v) is 1.65. The van der Waals surface area contributed by atoms with Gasteiger partial charge in [-0.05, 0) is 50.9 Å². The van der Waals surface area contributed by atoms with Crippen LogP contribution >= 0.6 is 0 Å². The topological polar surface area (TPSA) is 41.1 Å². The number of halogens is 1. The van der Waals surface area contributed by atoms with Crippen molar-refractivity contribution in [1.82, 2.24) is 10.6 Å². The van der Waals surface area contributed by atoms with E-state index < -0.39 is 0 Å². The van der Waals surface area contributed by atoms with Crippen LogP contribution in [0.4, 0.5) is 4.39 Å². The second-order valence-corrected chi connectivity index (χ2v) is 4.87. The number of benzene rings is 1. The van der Waals surface area contributed by atoms with Crippen molar-refractivity contribution < 1.29 is 9.18 Å². The van der Waals surface area contributed by atoms with Crippen LogP contribution < -0.4 is 10.6 Å². The van der Waals surface area contributed by atoms with Gasteiger partial charge in [0.15, 0.2) is 0 Å². The number of hydrogen-bond donors (Lipinski definition) is 2. The van der Waals surface area contributed by atoms with Gasteiger partial charge in [0, 0.05) is 6.04 Å². The molecule has 1 rings (SSSR count). The van der Waals surface area contributed by atoms with Gasteiger partial charge in [0.05, 0.1) is 6.04 Å². The Bertz CT molecular complexity index is 392. The van der Waals surface area contributed by atoms with Crippen molar-refractivity contribution >= 4 is 5.91 Å². The van der Waals surface area contributed by atoms with Crippen LogP contribution in [-0.4, -0.2) is 24.5 Å². The Hall–Kier alpha value is -1.42. The molecule has 0 aliphatic heterocycles. The van der Waals surface area contributed by atoms with Crippen LogP contribution in [0.5, 0.6) is 0 Å². The summed E-state index contributed by atoms with van der Waals surface area (Å²) in [5, 5.41) is 6.10. The fourth-order valence-electron chi connectivity index (χ4n) is 1.65. The van der Waals surface area contributed by atoms with Crippen LogP contribution in [0.15, 0.2) is 24.3 Å². The summed E-state index contributed by atoms with van der Waals surface area (Å²) < 4.78 is 12.7. The molecule has 2 unspecified atom stereocenters. The lowest BCUT2D eigenvalue weighted by Gasteiger charge is -2.17. The molecule has 2 N–H and O–H groups in total. The summed E-state index contributed by atoms with van der Waals surface area (Å²) in [5.41, 5.74) is 1.06. The summed E-state index contributed by atoms with van der Waals surface area (Å²) >= 11 is 0. The largest absolute Gasteiger partial charge is 0.352 e. The SMILES string of the molecule is CCC(C)NC(=O)C(C)NCCc1ccc(F)cc1. The highest BCUT2D eigenvalue weighted by Gasteiger charge is 2.13. The molecule has 0 aliphatic rings. The highest BCUT2D eigenvalue weighted by molar-refractivity contribution is 5.81. The van der Waals surface area contributed by atoms with E-state index in [1.807, 2.05) is 20.8 Å². The maximum Gasteiger partial charge on any atom is 0.237 e. The van der Waals surface area contributed by atoms with Gasteiger partial charge in [0.25, 0.3) is 0 Å². The molecule has 3 nitrogen and oxygen atoms in total. The van der Waals surface area contributed by atoms with Gasteiger partial charge < -0.3 is 10.6 Å². The second-order valence-electron chi connectivity index (χ2n) is 4.87. The average Bonchev–Trinajstić information content (AvgIpc) is 2.40. The van der Waals surface area contributed by atoms with Crippen LogP contribution in [0.3, 0.4) is 0 Å². The summed E-state index contributed by atoms with van der Waals surface area (Å²) in [7, 11) is 0. The van der Waals surface area contributed by atoms with Crippen LogP contribution in [0, 0.1) is 5.82 Å². The molecule has 0 saturated carbocycles. The molecule has 106 valence electrons. The quantitative estimate of drug-likeness (QED) is 0.795. The molecule has 2 atom stereocenters. The first-order valence-corrected chi connectivity index (χ1v) is 6.81. The minimum atomic E-state index is -0.224. The highest BCUT2D eigenvalue weighted by Crippen LogP contribution is 2.03. The second kappa shape index (κ2) is 7.89. The van der Waals surface area contributed by atoms with Gasteiger partial charge in [0.1, 0.15) is 5.82 Å². The number of amides is 1. The third-order valence-corrected chi connectivity index (χ3v) is 3.17. The lowest BCUT2D eigenvalue weighted by molar-refractivity contribution is -0.123. The summed E-state index contributed by atoms with van der Waals surface area (Å²) in [6.07, 6.45) is 1.70. The van der Waals surface area contributed by atoms with E-state index in [-0.39, 0.29) is 23.8 Å². The van der Waals surface area contributed by atoms with E-state index in [0.717, 1.165) is 18.4 Å². The summed E-state index contributed by atoms with van der Waals surface area (Å²) in [6, 6.07) is 6.42. The highest BCUT2D eigenvalue weighted by atomic mass is 19.1. The van der Waals surface area contributed by atoms with Gasteiger partial charge in [0.2, 0.25) is 5.91 Å². The van der Waals surface area contributed by atoms with Crippen molar-refractivity contribution in [2.45, 2.75) is 45.7 Å². The standard InChI is InChI=1S/C15H23FN2O/c1-4-11(2)18-15(19)12(3)17-10-9-13-5-7-14(16)8-6-13/h5-8,11-12,17H,4,9-10H2,1-3H3,(H,18,19). The first kappa shape index (κ1) is 15.6. The summed E-state index contributed by atoms with van der Waals surface area (Å²) in [6.45, 7) is 6.57. The molecule has 0 aliphatic carbocycles. The first-order valence-electron chi connectivity index (χ1n) is 6.81. The van der Waals surface area contributed by atoms with Crippen LogP contribution in [0.25, 0.3) is 0 Å². The zero-order chi connectivity index (χ0) is 14.3. The van der Waals surface area contributed by atoms with E-state index in [4.69, 9.17) is 0 Å². The van der Waals surface area contributed by atoms with Gasteiger partial charge in [-0.1, -0.05) is 19.1 Å². The Labute approximate surface area is 114 Å². The molecule has 19 heavy (non-hydrogen) atoms. The summed E-state index contributed by atoms with van der Waals surface area (Å²) in [5.74, 6) is -0.202. The monoisotopic (exact) mass is 266 g/mol. The molecule has 0 bridgehead atoms. The molecule has 0 heterocycles. The average molecular weight is 266 g/mol. The molecule has 4 heteroatoms. The van der Waals surface area contributed by atoms with Gasteiger partial charge in [-0.3, -0.25) is 4.79 Å². The minimum absolute atomic E-state index is 0.0217. The molecule has 1 amide bonds. The van der Waals surface area contributed by atoms with Gasteiger partial charge in [-0.15, -0.1) is 0 Å². The van der Waals surface area contributed by atoms with E-state index in [1.165, 1.54) is 12.1 Å². The van der Waals surface area contributed by atoms with Gasteiger partial charge in [-0.2, -0.15) is 0 Å². The van der Waals surface area contributed by atoms with Crippen molar-refractivity contribution in [2.24, 2.45) is 0 Å². The predicted octanol–water partition coefficient (Wildman–Crippen LogP) is 2.26. The van der Waals surface area contributed by atoms with E-state index in [9.17, 15) is 9.18 Å². The number of rotatable bonds is 7. The smallest absolute Gasteiger partial charge is 0.237 e. The third-order valence-electron chi connectivity index (χ3n) is 3.17. The maximum atomic E-state index is 12.7. The fraction of sp³-hybridized carbons (Fsp3) is 0.533. The van der Waals surface area contributed by atoms with Crippen molar-refractivity contribution in [3.63, 3.8) is 0 Å². The van der Waals surface area contributed by atoms with Crippen molar-refractivity contribution in [2.75, 3.05) is 6.54 Å². The summed E-state index contributed by atoms with van der Waals surface area (Å²) in [4.78, 5) is 11.8. The Morgan fingerprint density at radius 1 is 1.26 bits per heavy atom. The molecule has 0 spiro atoms. The Morgan fingerprint density at radius 3 is 2.47 bits per heavy atom. The predicted molar refractivity (Wildman–Crippen MR) is 75.5 cm³/mol. The number of carbonyl (C=O) groups is 1. The molecule has 1 aromatic carbocycles. The van der Waals surface area contributed by atoms with E-state index in [2.05, 4.69) is 10.6 Å². The van der Waals surface area contributed by atoms with E-state index in [1.54, 1.807) is 12.1 Å². The zero-order valence-electron chi connectivity index (χ0n) is 11.9. The number of nitrogens with one attached hydrogen (secondary N) is 2. The molecule has 0 aromatic heterocycles. The van der Waals surface area contributed by atoms with E-state index >= 15 is 0 Å². The number of hydrogen-bond acceptors (Lipinski definition) is 2. The lowest BCUT2D eigenvalue weighted by atomic mass is 10.1. The third kappa shape index (κ3) is 5.83. The Balaban J connectivity index is 2.28. The molecule has 0 fully saturated rings. The molecule has 1 aromatic rings.